The third-order valence-corrected chi connectivity index (χ3v) is 4.02. The van der Waals surface area contributed by atoms with Gasteiger partial charge < -0.3 is 10.2 Å². The molecule has 0 spiro atoms. The second-order valence-corrected chi connectivity index (χ2v) is 5.28. The van der Waals surface area contributed by atoms with Crippen LogP contribution >= 0.6 is 0 Å². The van der Waals surface area contributed by atoms with E-state index < -0.39 is 0 Å². The highest BCUT2D eigenvalue weighted by Crippen LogP contribution is 2.28. The molecule has 2 heteroatoms. The van der Waals surface area contributed by atoms with Gasteiger partial charge in [0.25, 0.3) is 0 Å². The summed E-state index contributed by atoms with van der Waals surface area (Å²) in [7, 11) is 4.20. The summed E-state index contributed by atoms with van der Waals surface area (Å²) in [6.07, 6.45) is 4.26. The minimum absolute atomic E-state index is 0.431. The molecule has 1 N–H and O–H groups in total. The number of anilines is 1. The SMILES string of the molecule is CNC(C)c1ccc(N(C)CC2CCC2)cc1. The van der Waals surface area contributed by atoms with E-state index in [4.69, 9.17) is 0 Å². The van der Waals surface area contributed by atoms with Crippen LogP contribution in [0.25, 0.3) is 0 Å². The second kappa shape index (κ2) is 5.54. The molecule has 17 heavy (non-hydrogen) atoms. The molecule has 1 saturated carbocycles. The molecule has 1 aliphatic carbocycles. The van der Waals surface area contributed by atoms with Gasteiger partial charge in [0.15, 0.2) is 0 Å². The van der Waals surface area contributed by atoms with Crippen LogP contribution in [0, 0.1) is 5.92 Å². The molecule has 2 nitrogen and oxygen atoms in total. The summed E-state index contributed by atoms with van der Waals surface area (Å²) in [5.74, 6) is 0.927. The third kappa shape index (κ3) is 3.01. The van der Waals surface area contributed by atoms with Gasteiger partial charge in [0.05, 0.1) is 0 Å². The number of hydrogen-bond acceptors (Lipinski definition) is 2. The normalized spacial score (nSPS) is 17.6. The predicted molar refractivity (Wildman–Crippen MR) is 74.5 cm³/mol. The zero-order chi connectivity index (χ0) is 12.3. The average Bonchev–Trinajstić information content (AvgIpc) is 2.32. The summed E-state index contributed by atoms with van der Waals surface area (Å²) in [6.45, 7) is 3.40. The van der Waals surface area contributed by atoms with Gasteiger partial charge in [0.2, 0.25) is 0 Å². The van der Waals surface area contributed by atoms with Gasteiger partial charge in [0, 0.05) is 25.3 Å². The summed E-state index contributed by atoms with van der Waals surface area (Å²) in [5.41, 5.74) is 2.69. The fraction of sp³-hybridized carbons (Fsp3) is 0.600. The lowest BCUT2D eigenvalue weighted by molar-refractivity contribution is 0.321. The van der Waals surface area contributed by atoms with Crippen molar-refractivity contribution in [2.24, 2.45) is 5.92 Å². The maximum Gasteiger partial charge on any atom is 0.0363 e. The first-order valence-corrected chi connectivity index (χ1v) is 6.69. The minimum Gasteiger partial charge on any atom is -0.374 e. The molecule has 0 radical (unpaired) electrons. The molecule has 2 rings (SSSR count). The molecule has 94 valence electrons. The minimum atomic E-state index is 0.431. The van der Waals surface area contributed by atoms with Gasteiger partial charge in [-0.3, -0.25) is 0 Å². The van der Waals surface area contributed by atoms with Gasteiger partial charge in [-0.25, -0.2) is 0 Å². The van der Waals surface area contributed by atoms with Crippen LogP contribution in [0.3, 0.4) is 0 Å². The smallest absolute Gasteiger partial charge is 0.0363 e. The van der Waals surface area contributed by atoms with Crippen molar-refractivity contribution in [1.82, 2.24) is 5.32 Å². The molecule has 1 aromatic carbocycles. The lowest BCUT2D eigenvalue weighted by Gasteiger charge is -2.31. The Hall–Kier alpha value is -1.02. The first-order chi connectivity index (χ1) is 8.20. The molecule has 0 bridgehead atoms. The lowest BCUT2D eigenvalue weighted by atomic mass is 9.85. The Morgan fingerprint density at radius 1 is 1.29 bits per heavy atom. The van der Waals surface area contributed by atoms with Crippen LogP contribution in [0.2, 0.25) is 0 Å². The number of hydrogen-bond donors (Lipinski definition) is 1. The summed E-state index contributed by atoms with van der Waals surface area (Å²) in [6, 6.07) is 9.37. The van der Waals surface area contributed by atoms with E-state index >= 15 is 0 Å². The van der Waals surface area contributed by atoms with Crippen molar-refractivity contribution in [3.8, 4) is 0 Å². The lowest BCUT2D eigenvalue weighted by Crippen LogP contribution is -2.29. The molecule has 1 fully saturated rings. The van der Waals surface area contributed by atoms with E-state index in [0.29, 0.717) is 6.04 Å². The molecule has 1 aliphatic rings. The van der Waals surface area contributed by atoms with Crippen molar-refractivity contribution in [3.05, 3.63) is 29.8 Å². The summed E-state index contributed by atoms with van der Waals surface area (Å²) >= 11 is 0. The topological polar surface area (TPSA) is 15.3 Å². The van der Waals surface area contributed by atoms with E-state index in [0.717, 1.165) is 5.92 Å². The molecule has 0 aliphatic heterocycles. The Kier molecular flexibility index (Phi) is 4.06. The number of nitrogens with one attached hydrogen (secondary N) is 1. The molecular formula is C15H24N2. The van der Waals surface area contributed by atoms with Crippen LogP contribution in [-0.2, 0) is 0 Å². The van der Waals surface area contributed by atoms with E-state index in [1.807, 2.05) is 7.05 Å². The highest BCUT2D eigenvalue weighted by atomic mass is 15.1. The van der Waals surface area contributed by atoms with E-state index in [9.17, 15) is 0 Å². The van der Waals surface area contributed by atoms with Crippen molar-refractivity contribution in [1.29, 1.82) is 0 Å². The number of rotatable bonds is 5. The van der Waals surface area contributed by atoms with E-state index in [1.54, 1.807) is 0 Å². The molecule has 1 aromatic rings. The van der Waals surface area contributed by atoms with Crippen LogP contribution in [0.4, 0.5) is 5.69 Å². The molecule has 1 unspecified atom stereocenters. The van der Waals surface area contributed by atoms with Crippen LogP contribution in [0.5, 0.6) is 0 Å². The fourth-order valence-electron chi connectivity index (χ4n) is 2.35. The Morgan fingerprint density at radius 2 is 1.94 bits per heavy atom. The van der Waals surface area contributed by atoms with Crippen molar-refractivity contribution >= 4 is 5.69 Å². The van der Waals surface area contributed by atoms with Crippen LogP contribution < -0.4 is 10.2 Å². The van der Waals surface area contributed by atoms with Crippen molar-refractivity contribution < 1.29 is 0 Å². The molecule has 0 heterocycles. The zero-order valence-corrected chi connectivity index (χ0v) is 11.2. The highest BCUT2D eigenvalue weighted by molar-refractivity contribution is 5.47. The highest BCUT2D eigenvalue weighted by Gasteiger charge is 2.19. The van der Waals surface area contributed by atoms with Crippen LogP contribution in [-0.4, -0.2) is 20.6 Å². The Labute approximate surface area is 105 Å². The Bertz CT molecular complexity index is 340. The van der Waals surface area contributed by atoms with Crippen molar-refractivity contribution in [2.75, 3.05) is 25.5 Å². The molecule has 1 atom stereocenters. The van der Waals surface area contributed by atoms with Crippen molar-refractivity contribution in [3.63, 3.8) is 0 Å². The van der Waals surface area contributed by atoms with E-state index in [1.165, 1.54) is 37.1 Å². The molecular weight excluding hydrogens is 208 g/mol. The standard InChI is InChI=1S/C15H24N2/c1-12(16-2)14-7-9-15(10-8-14)17(3)11-13-5-4-6-13/h7-10,12-13,16H,4-6,11H2,1-3H3. The third-order valence-electron chi connectivity index (χ3n) is 4.02. The van der Waals surface area contributed by atoms with Crippen LogP contribution in [0.15, 0.2) is 24.3 Å². The van der Waals surface area contributed by atoms with Gasteiger partial charge in [-0.05, 0) is 50.4 Å². The van der Waals surface area contributed by atoms with E-state index in [-0.39, 0.29) is 0 Å². The quantitative estimate of drug-likeness (QED) is 0.838. The maximum absolute atomic E-state index is 3.27. The van der Waals surface area contributed by atoms with Crippen molar-refractivity contribution in [2.45, 2.75) is 32.2 Å². The molecule has 0 saturated heterocycles. The Morgan fingerprint density at radius 3 is 2.41 bits per heavy atom. The second-order valence-electron chi connectivity index (χ2n) is 5.28. The monoisotopic (exact) mass is 232 g/mol. The summed E-state index contributed by atoms with van der Waals surface area (Å²) < 4.78 is 0. The number of nitrogens with zero attached hydrogens (tertiary/aromatic N) is 1. The van der Waals surface area contributed by atoms with Gasteiger partial charge >= 0.3 is 0 Å². The molecule has 0 amide bonds. The first kappa shape index (κ1) is 12.4. The van der Waals surface area contributed by atoms with Crippen LogP contribution in [0.1, 0.15) is 37.8 Å². The Balaban J connectivity index is 1.96. The summed E-state index contributed by atoms with van der Waals surface area (Å²) in [4.78, 5) is 2.39. The van der Waals surface area contributed by atoms with Gasteiger partial charge in [-0.15, -0.1) is 0 Å². The molecule has 0 aromatic heterocycles. The van der Waals surface area contributed by atoms with Gasteiger partial charge in [-0.1, -0.05) is 18.6 Å². The zero-order valence-electron chi connectivity index (χ0n) is 11.2. The van der Waals surface area contributed by atoms with Gasteiger partial charge in [-0.2, -0.15) is 0 Å². The summed E-state index contributed by atoms with van der Waals surface area (Å²) in [5, 5.41) is 3.27. The first-order valence-electron chi connectivity index (χ1n) is 6.69. The van der Waals surface area contributed by atoms with E-state index in [2.05, 4.69) is 48.5 Å². The average molecular weight is 232 g/mol. The predicted octanol–water partition coefficient (Wildman–Crippen LogP) is 3.20. The van der Waals surface area contributed by atoms with Gasteiger partial charge in [0.1, 0.15) is 0 Å². The fourth-order valence-corrected chi connectivity index (χ4v) is 2.35. The maximum atomic E-state index is 3.27. The largest absolute Gasteiger partial charge is 0.374 e. The number of benzene rings is 1.